The molecule has 2 aliphatic rings. The van der Waals surface area contributed by atoms with Gasteiger partial charge < -0.3 is 15.0 Å². The molecule has 7 nitrogen and oxygen atoms in total. The fraction of sp³-hybridized carbons (Fsp3) is 0.536. The lowest BCUT2D eigenvalue weighted by Crippen LogP contribution is -2.23. The number of hydrogen-bond acceptors (Lipinski definition) is 7. The van der Waals surface area contributed by atoms with E-state index in [1.54, 1.807) is 30.3 Å². The van der Waals surface area contributed by atoms with E-state index in [2.05, 4.69) is 17.1 Å². The Balaban J connectivity index is 0.000000237. The summed E-state index contributed by atoms with van der Waals surface area (Å²) >= 11 is 0. The van der Waals surface area contributed by atoms with Gasteiger partial charge in [0.05, 0.1) is 21.3 Å². The Morgan fingerprint density at radius 2 is 1.41 bits per heavy atom. The first kappa shape index (κ1) is 31.1. The number of likely N-dealkylation sites (tertiary alicyclic amines) is 1. The van der Waals surface area contributed by atoms with Gasteiger partial charge in [-0.2, -0.15) is 0 Å². The lowest BCUT2D eigenvalue weighted by Gasteiger charge is -2.13. The van der Waals surface area contributed by atoms with E-state index in [9.17, 15) is 16.8 Å². The maximum absolute atomic E-state index is 12.3. The van der Waals surface area contributed by atoms with Gasteiger partial charge in [-0.05, 0) is 107 Å². The summed E-state index contributed by atoms with van der Waals surface area (Å²) in [5.74, 6) is 1.11. The summed E-state index contributed by atoms with van der Waals surface area (Å²) in [6, 6.07) is 14.4. The summed E-state index contributed by atoms with van der Waals surface area (Å²) in [5, 5.41) is 3.19. The van der Waals surface area contributed by atoms with Crippen molar-refractivity contribution >= 4 is 26.0 Å². The third-order valence-corrected chi connectivity index (χ3v) is 10.4. The van der Waals surface area contributed by atoms with Crippen molar-refractivity contribution in [3.05, 3.63) is 59.7 Å². The van der Waals surface area contributed by atoms with Crippen molar-refractivity contribution in [1.29, 1.82) is 0 Å². The number of carbonyl (C=O) groups excluding carboxylic acids is 1. The Hall–Kier alpha value is -2.07. The van der Waals surface area contributed by atoms with Crippen molar-refractivity contribution in [3.63, 3.8) is 0 Å². The molecule has 2 aromatic rings. The Kier molecular flexibility index (Phi) is 12.4. The largest absolute Gasteiger partial charge is 0.316 e. The van der Waals surface area contributed by atoms with Crippen LogP contribution in [-0.4, -0.2) is 72.3 Å². The smallest absolute Gasteiger partial charge is 0.178 e. The van der Waals surface area contributed by atoms with Crippen molar-refractivity contribution < 1.29 is 21.6 Å². The maximum atomic E-state index is 12.3. The van der Waals surface area contributed by atoms with Crippen LogP contribution in [-0.2, 0) is 24.5 Å². The summed E-state index contributed by atoms with van der Waals surface area (Å²) < 4.78 is 48.9. The summed E-state index contributed by atoms with van der Waals surface area (Å²) in [6.07, 6.45) is 2.71. The van der Waals surface area contributed by atoms with Crippen molar-refractivity contribution in [1.82, 2.24) is 10.2 Å². The number of nitrogens with one attached hydrogen (secondary N) is 1. The molecule has 2 heterocycles. The van der Waals surface area contributed by atoms with Crippen LogP contribution in [0.15, 0.2) is 58.3 Å². The van der Waals surface area contributed by atoms with E-state index < -0.39 is 19.7 Å². The lowest BCUT2D eigenvalue weighted by atomic mass is 10.2. The number of benzene rings is 2. The van der Waals surface area contributed by atoms with E-state index in [0.29, 0.717) is 9.79 Å². The first-order valence-electron chi connectivity index (χ1n) is 12.9. The highest BCUT2D eigenvalue weighted by atomic mass is 32.2. The highest BCUT2D eigenvalue weighted by Gasteiger charge is 2.27. The minimum Gasteiger partial charge on any atom is -0.316 e. The molecule has 0 aromatic heterocycles. The molecule has 2 aliphatic heterocycles. The average Bonchev–Trinajstić information content (AvgIpc) is 3.51. The second-order valence-corrected chi connectivity index (χ2v) is 13.9. The summed E-state index contributed by atoms with van der Waals surface area (Å²) in [4.78, 5) is 12.0. The first-order chi connectivity index (χ1) is 17.5. The van der Waals surface area contributed by atoms with Crippen LogP contribution < -0.4 is 5.32 Å². The minimum absolute atomic E-state index is 0.267. The standard InChI is InChI=1S/C14H21NO2S.C12H17NO2S.C2H4O/c1-3-15-8-7-13(10-15)11-18(16,17)14-6-4-5-12(2)9-14;1-10-3-2-4-12(7-10)16(14,15)9-11-5-6-13-8-11;1-2-3/h4-6,9,13H,3,7-8,10-11H2,1-2H3;2-4,7,11,13H,5-6,8-9H2,1H3;2H,1H3. The maximum Gasteiger partial charge on any atom is 0.178 e. The quantitative estimate of drug-likeness (QED) is 0.525. The van der Waals surface area contributed by atoms with Crippen molar-refractivity contribution in [3.8, 4) is 0 Å². The van der Waals surface area contributed by atoms with Crippen LogP contribution in [0.3, 0.4) is 0 Å². The third kappa shape index (κ3) is 10.3. The zero-order chi connectivity index (χ0) is 27.5. The molecule has 4 rings (SSSR count). The Morgan fingerprint density at radius 1 is 0.892 bits per heavy atom. The van der Waals surface area contributed by atoms with Crippen LogP contribution in [0.2, 0.25) is 0 Å². The molecule has 206 valence electrons. The minimum atomic E-state index is -3.12. The molecule has 0 amide bonds. The molecule has 2 saturated heterocycles. The van der Waals surface area contributed by atoms with Crippen molar-refractivity contribution in [2.75, 3.05) is 44.2 Å². The van der Waals surface area contributed by atoms with Gasteiger partial charge in [0.2, 0.25) is 0 Å². The molecule has 37 heavy (non-hydrogen) atoms. The molecule has 0 radical (unpaired) electrons. The highest BCUT2D eigenvalue weighted by molar-refractivity contribution is 7.91. The predicted octanol–water partition coefficient (Wildman–Crippen LogP) is 3.69. The number of sulfone groups is 2. The summed E-state index contributed by atoms with van der Waals surface area (Å²) in [5.41, 5.74) is 1.99. The number of rotatable bonds is 7. The van der Waals surface area contributed by atoms with E-state index in [4.69, 9.17) is 4.79 Å². The van der Waals surface area contributed by atoms with Crippen LogP contribution in [0.5, 0.6) is 0 Å². The fourth-order valence-electron chi connectivity index (χ4n) is 4.62. The van der Waals surface area contributed by atoms with E-state index in [0.717, 1.165) is 63.0 Å². The van der Waals surface area contributed by atoms with Gasteiger partial charge in [-0.1, -0.05) is 31.2 Å². The average molecular weight is 551 g/mol. The molecule has 2 unspecified atom stereocenters. The van der Waals surface area contributed by atoms with E-state index >= 15 is 0 Å². The molecule has 2 aromatic carbocycles. The van der Waals surface area contributed by atoms with E-state index in [-0.39, 0.29) is 23.3 Å². The zero-order valence-corrected chi connectivity index (χ0v) is 24.2. The predicted molar refractivity (Wildman–Crippen MR) is 149 cm³/mol. The highest BCUT2D eigenvalue weighted by Crippen LogP contribution is 2.22. The van der Waals surface area contributed by atoms with Crippen LogP contribution in [0.25, 0.3) is 0 Å². The van der Waals surface area contributed by atoms with Gasteiger partial charge in [-0.3, -0.25) is 0 Å². The number of carbonyl (C=O) groups is 1. The molecular weight excluding hydrogens is 508 g/mol. The number of aryl methyl sites for hydroxylation is 2. The molecule has 2 fully saturated rings. The van der Waals surface area contributed by atoms with Gasteiger partial charge in [0.25, 0.3) is 0 Å². The Morgan fingerprint density at radius 3 is 1.81 bits per heavy atom. The van der Waals surface area contributed by atoms with Gasteiger partial charge in [0, 0.05) is 6.54 Å². The number of nitrogens with zero attached hydrogens (tertiary/aromatic N) is 1. The number of hydrogen-bond donors (Lipinski definition) is 1. The van der Waals surface area contributed by atoms with Crippen LogP contribution in [0.4, 0.5) is 0 Å². The topological polar surface area (TPSA) is 101 Å². The van der Waals surface area contributed by atoms with Crippen molar-refractivity contribution in [2.24, 2.45) is 11.8 Å². The third-order valence-electron chi connectivity index (χ3n) is 6.59. The second-order valence-electron chi connectivity index (χ2n) is 9.84. The molecule has 0 bridgehead atoms. The van der Waals surface area contributed by atoms with Crippen molar-refractivity contribution in [2.45, 2.75) is 50.3 Å². The SMILES string of the molecule is CC=O.CCN1CCC(CS(=O)(=O)c2cccc(C)c2)C1.Cc1cccc(S(=O)(=O)CC2CCNC2)c1. The van der Waals surface area contributed by atoms with Gasteiger partial charge in [0.15, 0.2) is 19.7 Å². The second kappa shape index (κ2) is 14.8. The summed E-state index contributed by atoms with van der Waals surface area (Å²) in [7, 11) is -6.23. The van der Waals surface area contributed by atoms with E-state index in [1.165, 1.54) is 6.92 Å². The fourth-order valence-corrected chi connectivity index (χ4v) is 8.11. The molecule has 0 spiro atoms. The Bertz CT molecular complexity index is 1210. The Labute approximate surface area is 223 Å². The van der Waals surface area contributed by atoms with E-state index in [1.807, 2.05) is 32.0 Å². The normalized spacial score (nSPS) is 19.9. The van der Waals surface area contributed by atoms with Gasteiger partial charge in [-0.25, -0.2) is 16.8 Å². The molecule has 0 aliphatic carbocycles. The van der Waals surface area contributed by atoms with Crippen LogP contribution >= 0.6 is 0 Å². The van der Waals surface area contributed by atoms with Crippen LogP contribution in [0, 0.1) is 25.7 Å². The van der Waals surface area contributed by atoms with Gasteiger partial charge >= 0.3 is 0 Å². The molecule has 2 atom stereocenters. The zero-order valence-electron chi connectivity index (χ0n) is 22.5. The van der Waals surface area contributed by atoms with Gasteiger partial charge in [-0.15, -0.1) is 0 Å². The molecular formula is C28H42N2O5S2. The molecule has 1 N–H and O–H groups in total. The van der Waals surface area contributed by atoms with Gasteiger partial charge in [0.1, 0.15) is 6.29 Å². The van der Waals surface area contributed by atoms with Crippen LogP contribution in [0.1, 0.15) is 37.8 Å². The molecule has 9 heteroatoms. The summed E-state index contributed by atoms with van der Waals surface area (Å²) in [6.45, 7) is 12.1. The number of aldehydes is 1. The molecule has 0 saturated carbocycles. The monoisotopic (exact) mass is 550 g/mol. The lowest BCUT2D eigenvalue weighted by molar-refractivity contribution is -0.106. The first-order valence-corrected chi connectivity index (χ1v) is 16.2.